The summed E-state index contributed by atoms with van der Waals surface area (Å²) in [5.41, 5.74) is 0.0644. The Hall–Kier alpha value is -2.41. The Balaban J connectivity index is 2.19. The van der Waals surface area contributed by atoms with Gasteiger partial charge in [-0.1, -0.05) is 30.3 Å². The normalized spacial score (nSPS) is 22.7. The number of rotatable bonds is 7. The van der Waals surface area contributed by atoms with Gasteiger partial charge in [-0.05, 0) is 5.56 Å². The number of ether oxygens (including phenoxy) is 3. The molecule has 1 heterocycles. The quantitative estimate of drug-likeness (QED) is 0.538. The van der Waals surface area contributed by atoms with Crippen LogP contribution in [0.1, 0.15) is 32.8 Å². The zero-order valence-electron chi connectivity index (χ0n) is 15.4. The van der Waals surface area contributed by atoms with Gasteiger partial charge in [-0.15, -0.1) is 0 Å². The van der Waals surface area contributed by atoms with E-state index in [1.807, 2.05) is 30.3 Å². The van der Waals surface area contributed by atoms with Crippen molar-refractivity contribution < 1.29 is 28.6 Å². The van der Waals surface area contributed by atoms with Crippen LogP contribution in [0.15, 0.2) is 30.3 Å². The van der Waals surface area contributed by atoms with Crippen molar-refractivity contribution in [3.63, 3.8) is 0 Å². The molecular weight excluding hydrogens is 338 g/mol. The summed E-state index contributed by atoms with van der Waals surface area (Å²) in [5.74, 6) is -1.32. The molecule has 7 heteroatoms. The van der Waals surface area contributed by atoms with E-state index in [9.17, 15) is 14.4 Å². The maximum atomic E-state index is 11.7. The first kappa shape index (κ1) is 19.9. The van der Waals surface area contributed by atoms with Crippen LogP contribution in [0, 0.1) is 0 Å². The fraction of sp³-hybridized carbons (Fsp3) is 0.526. The first-order chi connectivity index (χ1) is 12.3. The minimum Gasteiger partial charge on any atom is -0.466 e. The molecule has 0 amide bonds. The molecule has 26 heavy (non-hydrogen) atoms. The molecule has 2 rings (SSSR count). The van der Waals surface area contributed by atoms with Gasteiger partial charge in [-0.3, -0.25) is 19.3 Å². The van der Waals surface area contributed by atoms with E-state index in [-0.39, 0.29) is 13.0 Å². The van der Waals surface area contributed by atoms with Gasteiger partial charge in [-0.25, -0.2) is 0 Å². The Morgan fingerprint density at radius 1 is 1.08 bits per heavy atom. The van der Waals surface area contributed by atoms with Crippen LogP contribution in [0.5, 0.6) is 0 Å². The summed E-state index contributed by atoms with van der Waals surface area (Å²) in [6.07, 6.45) is -0.363. The molecule has 7 nitrogen and oxygen atoms in total. The Morgan fingerprint density at radius 2 is 1.77 bits per heavy atom. The molecule has 0 bridgehead atoms. The van der Waals surface area contributed by atoms with Gasteiger partial charge < -0.3 is 14.2 Å². The second-order valence-corrected chi connectivity index (χ2v) is 6.50. The van der Waals surface area contributed by atoms with Crippen LogP contribution < -0.4 is 0 Å². The van der Waals surface area contributed by atoms with E-state index in [1.165, 1.54) is 20.8 Å². The molecule has 1 aliphatic heterocycles. The van der Waals surface area contributed by atoms with Crippen molar-refractivity contribution in [1.82, 2.24) is 4.90 Å². The lowest BCUT2D eigenvalue weighted by Crippen LogP contribution is -2.48. The van der Waals surface area contributed by atoms with Crippen LogP contribution in [-0.2, 0) is 35.1 Å². The molecule has 1 fully saturated rings. The zero-order chi connectivity index (χ0) is 19.2. The number of benzene rings is 1. The molecule has 1 aliphatic rings. The van der Waals surface area contributed by atoms with Gasteiger partial charge in [0.15, 0.2) is 11.7 Å². The van der Waals surface area contributed by atoms with Crippen molar-refractivity contribution in [3.05, 3.63) is 35.9 Å². The summed E-state index contributed by atoms with van der Waals surface area (Å²) in [6, 6.07) is 9.86. The summed E-state index contributed by atoms with van der Waals surface area (Å²) in [7, 11) is 0. The average Bonchev–Trinajstić information content (AvgIpc) is 2.83. The van der Waals surface area contributed by atoms with Crippen molar-refractivity contribution in [2.24, 2.45) is 0 Å². The molecule has 0 aliphatic carbocycles. The third-order valence-electron chi connectivity index (χ3n) is 4.24. The molecule has 0 saturated carbocycles. The highest BCUT2D eigenvalue weighted by molar-refractivity contribution is 5.68. The summed E-state index contributed by atoms with van der Waals surface area (Å²) in [4.78, 5) is 36.4. The lowest BCUT2D eigenvalue weighted by atomic mass is 9.95. The minimum atomic E-state index is -1.04. The third kappa shape index (κ3) is 5.56. The summed E-state index contributed by atoms with van der Waals surface area (Å²) in [6.45, 7) is 5.50. The third-order valence-corrected chi connectivity index (χ3v) is 4.24. The van der Waals surface area contributed by atoms with Crippen LogP contribution in [0.3, 0.4) is 0 Å². The fourth-order valence-electron chi connectivity index (χ4n) is 3.30. The lowest BCUT2D eigenvalue weighted by Gasteiger charge is -2.33. The van der Waals surface area contributed by atoms with E-state index in [0.717, 1.165) is 5.56 Å². The highest BCUT2D eigenvalue weighted by atomic mass is 16.6. The predicted molar refractivity (Wildman–Crippen MR) is 93.0 cm³/mol. The number of likely N-dealkylation sites (tertiary alicyclic amines) is 1. The van der Waals surface area contributed by atoms with Crippen molar-refractivity contribution >= 4 is 17.9 Å². The van der Waals surface area contributed by atoms with Gasteiger partial charge in [0.05, 0.1) is 6.61 Å². The first-order valence-electron chi connectivity index (χ1n) is 8.57. The number of carbonyl (C=O) groups excluding carboxylic acids is 3. The van der Waals surface area contributed by atoms with Gasteiger partial charge in [0.25, 0.3) is 0 Å². The molecule has 0 aromatic heterocycles. The molecule has 2 atom stereocenters. The smallest absolute Gasteiger partial charge is 0.303 e. The van der Waals surface area contributed by atoms with Crippen molar-refractivity contribution in [2.45, 2.75) is 45.4 Å². The summed E-state index contributed by atoms with van der Waals surface area (Å²) >= 11 is 0. The molecule has 0 N–H and O–H groups in total. The van der Waals surface area contributed by atoms with Gasteiger partial charge in [0.1, 0.15) is 0 Å². The van der Waals surface area contributed by atoms with Crippen molar-refractivity contribution in [2.75, 3.05) is 19.7 Å². The van der Waals surface area contributed by atoms with E-state index in [0.29, 0.717) is 19.6 Å². The van der Waals surface area contributed by atoms with E-state index in [1.54, 1.807) is 0 Å². The van der Waals surface area contributed by atoms with E-state index < -0.39 is 29.6 Å². The van der Waals surface area contributed by atoms with E-state index >= 15 is 0 Å². The Labute approximate surface area is 153 Å². The monoisotopic (exact) mass is 363 g/mol. The van der Waals surface area contributed by atoms with Crippen molar-refractivity contribution in [3.8, 4) is 0 Å². The Morgan fingerprint density at radius 3 is 2.35 bits per heavy atom. The van der Waals surface area contributed by atoms with Crippen LogP contribution in [0.2, 0.25) is 0 Å². The highest BCUT2D eigenvalue weighted by Crippen LogP contribution is 2.33. The largest absolute Gasteiger partial charge is 0.466 e. The van der Waals surface area contributed by atoms with Crippen LogP contribution in [0.25, 0.3) is 0 Å². The van der Waals surface area contributed by atoms with Gasteiger partial charge in [0.2, 0.25) is 0 Å². The van der Waals surface area contributed by atoms with Crippen LogP contribution >= 0.6 is 0 Å². The number of hydrogen-bond acceptors (Lipinski definition) is 7. The summed E-state index contributed by atoms with van der Waals surface area (Å²) < 4.78 is 16.1. The van der Waals surface area contributed by atoms with Gasteiger partial charge in [-0.2, -0.15) is 0 Å². The second kappa shape index (κ2) is 8.80. The molecule has 1 aromatic rings. The number of hydrogen-bond donors (Lipinski definition) is 0. The zero-order valence-corrected chi connectivity index (χ0v) is 15.4. The molecular formula is C19H25NO6. The second-order valence-electron chi connectivity index (χ2n) is 6.50. The van der Waals surface area contributed by atoms with E-state index in [2.05, 4.69) is 4.90 Å². The summed E-state index contributed by atoms with van der Waals surface area (Å²) in [5, 5.41) is 0. The SMILES string of the molecule is CC(=O)OCC[C@@]1(OC(C)=O)CN(Cc2ccccc2)C[C@H]1OC(C)=O. The Bertz CT molecular complexity index is 647. The predicted octanol–water partition coefficient (Wildman–Crippen LogP) is 1.69. The molecule has 0 unspecified atom stereocenters. The van der Waals surface area contributed by atoms with E-state index in [4.69, 9.17) is 14.2 Å². The highest BCUT2D eigenvalue weighted by Gasteiger charge is 2.51. The molecule has 1 saturated heterocycles. The molecule has 0 spiro atoms. The lowest BCUT2D eigenvalue weighted by molar-refractivity contribution is -0.179. The number of nitrogens with zero attached hydrogens (tertiary/aromatic N) is 1. The first-order valence-corrected chi connectivity index (χ1v) is 8.57. The fourth-order valence-corrected chi connectivity index (χ4v) is 3.30. The molecule has 1 aromatic carbocycles. The maximum absolute atomic E-state index is 11.7. The topological polar surface area (TPSA) is 82.1 Å². The van der Waals surface area contributed by atoms with Gasteiger partial charge in [0, 0.05) is 46.8 Å². The number of carbonyl (C=O) groups is 3. The Kier molecular flexibility index (Phi) is 6.74. The molecule has 142 valence electrons. The average molecular weight is 363 g/mol. The molecule has 0 radical (unpaired) electrons. The minimum absolute atomic E-state index is 0.0829. The standard InChI is InChI=1S/C19H25NO6/c1-14(21)24-10-9-19(26-16(3)23)13-20(12-18(19)25-15(2)22)11-17-7-5-4-6-8-17/h4-8,18H,9-13H2,1-3H3/t18-,19-/m1/s1. The number of esters is 3. The van der Waals surface area contributed by atoms with Gasteiger partial charge >= 0.3 is 17.9 Å². The maximum Gasteiger partial charge on any atom is 0.303 e. The van der Waals surface area contributed by atoms with Crippen LogP contribution in [-0.4, -0.2) is 54.2 Å². The van der Waals surface area contributed by atoms with Crippen LogP contribution in [0.4, 0.5) is 0 Å². The van der Waals surface area contributed by atoms with Crippen molar-refractivity contribution in [1.29, 1.82) is 0 Å².